The summed E-state index contributed by atoms with van der Waals surface area (Å²) in [5.41, 5.74) is 0.357. The van der Waals surface area contributed by atoms with Crippen molar-refractivity contribution in [3.8, 4) is 11.5 Å². The molecule has 7 nitrogen and oxygen atoms in total. The molecule has 1 atom stereocenters. The lowest BCUT2D eigenvalue weighted by Gasteiger charge is -2.11. The zero-order valence-corrected chi connectivity index (χ0v) is 11.2. The molecule has 0 bridgehead atoms. The maximum atomic E-state index is 11.6. The molecular weight excluding hydrogens is 284 g/mol. The van der Waals surface area contributed by atoms with Crippen molar-refractivity contribution in [2.24, 2.45) is 0 Å². The van der Waals surface area contributed by atoms with Gasteiger partial charge in [-0.2, -0.15) is 5.10 Å². The van der Waals surface area contributed by atoms with E-state index in [0.29, 0.717) is 17.9 Å². The highest BCUT2D eigenvalue weighted by Gasteiger charge is 2.32. The number of sulfone groups is 1. The number of carbonyl (C=O) groups is 1. The van der Waals surface area contributed by atoms with Gasteiger partial charge in [0.1, 0.15) is 5.69 Å². The molecule has 1 fully saturated rings. The third kappa shape index (κ3) is 2.22. The van der Waals surface area contributed by atoms with Crippen LogP contribution in [-0.4, -0.2) is 40.8 Å². The number of aromatic nitrogens is 2. The van der Waals surface area contributed by atoms with Gasteiger partial charge in [-0.15, -0.1) is 0 Å². The van der Waals surface area contributed by atoms with Gasteiger partial charge in [-0.3, -0.25) is 4.68 Å². The van der Waals surface area contributed by atoms with Crippen LogP contribution in [0.25, 0.3) is 11.5 Å². The number of hydrogen-bond acceptors (Lipinski definition) is 5. The van der Waals surface area contributed by atoms with E-state index < -0.39 is 15.8 Å². The second kappa shape index (κ2) is 4.48. The zero-order chi connectivity index (χ0) is 14.3. The lowest BCUT2D eigenvalue weighted by Crippen LogP contribution is -2.14. The Bertz CT molecular complexity index is 745. The normalized spacial score (nSPS) is 21.1. The van der Waals surface area contributed by atoms with Crippen LogP contribution in [-0.2, 0) is 9.84 Å². The Morgan fingerprint density at radius 2 is 2.30 bits per heavy atom. The highest BCUT2D eigenvalue weighted by Crippen LogP contribution is 2.30. The first-order valence-corrected chi connectivity index (χ1v) is 7.85. The van der Waals surface area contributed by atoms with E-state index in [9.17, 15) is 13.2 Å². The van der Waals surface area contributed by atoms with Gasteiger partial charge in [0.25, 0.3) is 0 Å². The summed E-state index contributed by atoms with van der Waals surface area (Å²) in [6, 6.07) is 4.40. The second-order valence-electron chi connectivity index (χ2n) is 4.70. The first-order valence-electron chi connectivity index (χ1n) is 6.03. The molecule has 0 radical (unpaired) electrons. The number of carboxylic acids is 1. The zero-order valence-electron chi connectivity index (χ0n) is 10.4. The van der Waals surface area contributed by atoms with Crippen molar-refractivity contribution in [2.75, 3.05) is 11.5 Å². The van der Waals surface area contributed by atoms with Gasteiger partial charge in [0.05, 0.1) is 23.8 Å². The van der Waals surface area contributed by atoms with E-state index in [4.69, 9.17) is 9.52 Å². The molecule has 3 rings (SSSR count). The van der Waals surface area contributed by atoms with Crippen molar-refractivity contribution in [1.82, 2.24) is 9.78 Å². The summed E-state index contributed by atoms with van der Waals surface area (Å²) in [5.74, 6) is -0.620. The largest absolute Gasteiger partial charge is 0.476 e. The summed E-state index contributed by atoms with van der Waals surface area (Å²) >= 11 is 0. The van der Waals surface area contributed by atoms with E-state index >= 15 is 0 Å². The van der Waals surface area contributed by atoms with Crippen molar-refractivity contribution in [2.45, 2.75) is 12.5 Å². The van der Waals surface area contributed by atoms with Gasteiger partial charge in [-0.05, 0) is 18.6 Å². The van der Waals surface area contributed by atoms with Crippen molar-refractivity contribution in [3.63, 3.8) is 0 Å². The van der Waals surface area contributed by atoms with E-state index in [1.807, 2.05) is 0 Å². The number of furan rings is 1. The molecule has 0 saturated carbocycles. The minimum atomic E-state index is -3.08. The van der Waals surface area contributed by atoms with E-state index in [-0.39, 0.29) is 23.2 Å². The first-order chi connectivity index (χ1) is 9.46. The molecule has 8 heteroatoms. The predicted molar refractivity (Wildman–Crippen MR) is 69.2 cm³/mol. The van der Waals surface area contributed by atoms with Crippen LogP contribution >= 0.6 is 0 Å². The van der Waals surface area contributed by atoms with Crippen molar-refractivity contribution in [1.29, 1.82) is 0 Å². The second-order valence-corrected chi connectivity index (χ2v) is 6.93. The molecule has 3 heterocycles. The van der Waals surface area contributed by atoms with Gasteiger partial charge in [0, 0.05) is 6.07 Å². The van der Waals surface area contributed by atoms with Crippen molar-refractivity contribution < 1.29 is 22.7 Å². The fraction of sp³-hybridized carbons (Fsp3) is 0.333. The van der Waals surface area contributed by atoms with Crippen molar-refractivity contribution >= 4 is 15.8 Å². The molecule has 0 aromatic carbocycles. The number of aromatic carboxylic acids is 1. The Morgan fingerprint density at radius 3 is 2.85 bits per heavy atom. The highest BCUT2D eigenvalue weighted by atomic mass is 32.2. The van der Waals surface area contributed by atoms with E-state index in [1.165, 1.54) is 17.0 Å². The van der Waals surface area contributed by atoms with Gasteiger partial charge in [-0.25, -0.2) is 13.2 Å². The highest BCUT2D eigenvalue weighted by molar-refractivity contribution is 7.91. The van der Waals surface area contributed by atoms with E-state index in [1.54, 1.807) is 12.1 Å². The lowest BCUT2D eigenvalue weighted by molar-refractivity contribution is 0.0689. The van der Waals surface area contributed by atoms with Crippen LogP contribution in [0.1, 0.15) is 23.0 Å². The van der Waals surface area contributed by atoms with Gasteiger partial charge in [-0.1, -0.05) is 0 Å². The fourth-order valence-electron chi connectivity index (χ4n) is 2.35. The van der Waals surface area contributed by atoms with Crippen molar-refractivity contribution in [3.05, 3.63) is 30.2 Å². The van der Waals surface area contributed by atoms with E-state index in [0.717, 1.165) is 0 Å². The maximum Gasteiger partial charge on any atom is 0.356 e. The van der Waals surface area contributed by atoms with Gasteiger partial charge < -0.3 is 9.52 Å². The third-order valence-corrected chi connectivity index (χ3v) is 5.03. The first kappa shape index (κ1) is 12.9. The minimum Gasteiger partial charge on any atom is -0.476 e. The smallest absolute Gasteiger partial charge is 0.356 e. The number of hydrogen-bond donors (Lipinski definition) is 1. The average Bonchev–Trinajstić information content (AvgIpc) is 3.04. The molecule has 0 amide bonds. The van der Waals surface area contributed by atoms with Crippen LogP contribution in [0.4, 0.5) is 0 Å². The Morgan fingerprint density at radius 1 is 1.50 bits per heavy atom. The Balaban J connectivity index is 2.07. The van der Waals surface area contributed by atoms with Crippen LogP contribution in [0, 0.1) is 0 Å². The molecule has 1 saturated heterocycles. The fourth-order valence-corrected chi connectivity index (χ4v) is 4.05. The Kier molecular flexibility index (Phi) is 2.89. The molecule has 20 heavy (non-hydrogen) atoms. The monoisotopic (exact) mass is 296 g/mol. The summed E-state index contributed by atoms with van der Waals surface area (Å²) in [7, 11) is -3.08. The van der Waals surface area contributed by atoms with E-state index in [2.05, 4.69) is 5.10 Å². The van der Waals surface area contributed by atoms with Gasteiger partial charge >= 0.3 is 5.97 Å². The lowest BCUT2D eigenvalue weighted by atomic mass is 10.2. The topological polar surface area (TPSA) is 102 Å². The number of nitrogens with zero attached hydrogens (tertiary/aromatic N) is 2. The predicted octanol–water partition coefficient (Wildman–Crippen LogP) is 1.20. The standard InChI is InChI=1S/C12H12N2O5S/c15-12(16)9-6-10(11-2-1-4-19-11)14(13-9)8-3-5-20(17,18)7-8/h1-2,4,6,8H,3,5,7H2,(H,15,16)/t8-/m1/s1. The van der Waals surface area contributed by atoms with Crippen LogP contribution in [0.2, 0.25) is 0 Å². The summed E-state index contributed by atoms with van der Waals surface area (Å²) in [5, 5.41) is 13.0. The molecule has 0 unspecified atom stereocenters. The maximum absolute atomic E-state index is 11.6. The van der Waals surface area contributed by atoms with Crippen LogP contribution in [0.5, 0.6) is 0 Å². The summed E-state index contributed by atoms with van der Waals surface area (Å²) in [4.78, 5) is 11.1. The average molecular weight is 296 g/mol. The SMILES string of the molecule is O=C(O)c1cc(-c2ccco2)n([C@@H]2CCS(=O)(=O)C2)n1. The quantitative estimate of drug-likeness (QED) is 0.913. The number of carboxylic acid groups (broad SMARTS) is 1. The molecule has 106 valence electrons. The van der Waals surface area contributed by atoms with Crippen LogP contribution < -0.4 is 0 Å². The summed E-state index contributed by atoms with van der Waals surface area (Å²) in [6.45, 7) is 0. The van der Waals surface area contributed by atoms with Crippen LogP contribution in [0.3, 0.4) is 0 Å². The molecule has 1 aliphatic rings. The molecule has 2 aromatic heterocycles. The molecule has 2 aromatic rings. The Hall–Kier alpha value is -2.09. The van der Waals surface area contributed by atoms with Crippen LogP contribution in [0.15, 0.2) is 28.9 Å². The molecule has 1 aliphatic heterocycles. The Labute approximate surface area is 114 Å². The van der Waals surface area contributed by atoms with Gasteiger partial charge in [0.15, 0.2) is 21.3 Å². The van der Waals surface area contributed by atoms with Gasteiger partial charge in [0.2, 0.25) is 0 Å². The molecule has 0 aliphatic carbocycles. The molecule has 0 spiro atoms. The third-order valence-electron chi connectivity index (χ3n) is 3.28. The summed E-state index contributed by atoms with van der Waals surface area (Å²) in [6.07, 6.45) is 1.90. The summed E-state index contributed by atoms with van der Waals surface area (Å²) < 4.78 is 29.9. The molecular formula is C12H12N2O5S. The minimum absolute atomic E-state index is 0.0263. The molecule has 1 N–H and O–H groups in total. The number of rotatable bonds is 3.